The largest absolute Gasteiger partial charge is 0.497 e. The molecular weight excluding hydrogens is 384 g/mol. The second-order valence-corrected chi connectivity index (χ2v) is 7.88. The molecule has 5 rings (SSSR count). The Balaban J connectivity index is 1.72. The van der Waals surface area contributed by atoms with Crippen molar-refractivity contribution < 1.29 is 4.74 Å². The van der Waals surface area contributed by atoms with E-state index in [4.69, 9.17) is 16.3 Å². The molecule has 1 aliphatic rings. The van der Waals surface area contributed by atoms with Gasteiger partial charge in [0.25, 0.3) is 5.56 Å². The molecule has 1 aromatic carbocycles. The number of rotatable bonds is 4. The van der Waals surface area contributed by atoms with Crippen LogP contribution in [0, 0.1) is 0 Å². The Bertz CT molecular complexity index is 1230. The standard InChI is InChI=1S/C19H15ClN4O2S/c1-26-12-6-4-11(5-7-12)24-9-21-16-15-13(22-10-2-3-10)8-14(20)23-18(15)27-17(16)19(24)25/h4-10H,2-3H2,1H3,(H,22,23). The lowest BCUT2D eigenvalue weighted by molar-refractivity contribution is 0.414. The normalized spacial score (nSPS) is 14.0. The van der Waals surface area contributed by atoms with Crippen LogP contribution in [0.15, 0.2) is 41.5 Å². The third kappa shape index (κ3) is 2.83. The molecule has 3 heterocycles. The molecule has 0 saturated heterocycles. The predicted molar refractivity (Wildman–Crippen MR) is 109 cm³/mol. The van der Waals surface area contributed by atoms with Gasteiger partial charge in [0.05, 0.1) is 23.7 Å². The van der Waals surface area contributed by atoms with Gasteiger partial charge in [0.15, 0.2) is 0 Å². The zero-order valence-electron chi connectivity index (χ0n) is 14.4. The molecule has 0 aliphatic heterocycles. The van der Waals surface area contributed by atoms with Crippen LogP contribution in [0.25, 0.3) is 26.1 Å². The maximum absolute atomic E-state index is 13.1. The molecule has 3 aromatic heterocycles. The van der Waals surface area contributed by atoms with Crippen LogP contribution in [0.1, 0.15) is 12.8 Å². The smallest absolute Gasteiger partial charge is 0.275 e. The number of halogens is 1. The van der Waals surface area contributed by atoms with Crippen LogP contribution in [0.4, 0.5) is 5.69 Å². The Kier molecular flexibility index (Phi) is 3.80. The monoisotopic (exact) mass is 398 g/mol. The number of fused-ring (bicyclic) bond motifs is 3. The van der Waals surface area contributed by atoms with Crippen molar-refractivity contribution in [1.82, 2.24) is 14.5 Å². The van der Waals surface area contributed by atoms with Gasteiger partial charge in [0.2, 0.25) is 0 Å². The first kappa shape index (κ1) is 16.5. The van der Waals surface area contributed by atoms with Crippen molar-refractivity contribution in [2.45, 2.75) is 18.9 Å². The molecule has 1 saturated carbocycles. The molecule has 0 radical (unpaired) electrons. The van der Waals surface area contributed by atoms with E-state index in [1.165, 1.54) is 15.9 Å². The zero-order valence-corrected chi connectivity index (χ0v) is 16.0. The molecule has 27 heavy (non-hydrogen) atoms. The van der Waals surface area contributed by atoms with Crippen LogP contribution in [0.5, 0.6) is 5.75 Å². The van der Waals surface area contributed by atoms with Crippen LogP contribution in [-0.2, 0) is 0 Å². The first-order chi connectivity index (χ1) is 13.1. The summed E-state index contributed by atoms with van der Waals surface area (Å²) in [5.74, 6) is 0.734. The van der Waals surface area contributed by atoms with E-state index in [2.05, 4.69) is 15.3 Å². The molecule has 0 amide bonds. The van der Waals surface area contributed by atoms with E-state index in [1.807, 2.05) is 30.3 Å². The Morgan fingerprint density at radius 1 is 1.30 bits per heavy atom. The quantitative estimate of drug-likeness (QED) is 0.521. The highest BCUT2D eigenvalue weighted by atomic mass is 35.5. The summed E-state index contributed by atoms with van der Waals surface area (Å²) in [6.07, 6.45) is 3.84. The highest BCUT2D eigenvalue weighted by Crippen LogP contribution is 2.38. The lowest BCUT2D eigenvalue weighted by atomic mass is 10.2. The molecule has 136 valence electrons. The molecule has 6 nitrogen and oxygen atoms in total. The highest BCUT2D eigenvalue weighted by molar-refractivity contribution is 7.25. The van der Waals surface area contributed by atoms with E-state index in [0.29, 0.717) is 21.4 Å². The number of nitrogens with zero attached hydrogens (tertiary/aromatic N) is 3. The molecule has 0 unspecified atom stereocenters. The van der Waals surface area contributed by atoms with E-state index in [0.717, 1.165) is 40.2 Å². The molecule has 0 spiro atoms. The summed E-state index contributed by atoms with van der Waals surface area (Å²) in [6, 6.07) is 9.56. The summed E-state index contributed by atoms with van der Waals surface area (Å²) >= 11 is 7.52. The first-order valence-corrected chi connectivity index (χ1v) is 9.75. The molecule has 0 atom stereocenters. The maximum atomic E-state index is 13.1. The molecule has 1 aliphatic carbocycles. The van der Waals surface area contributed by atoms with Crippen molar-refractivity contribution in [1.29, 1.82) is 0 Å². The fraction of sp³-hybridized carbons (Fsp3) is 0.211. The zero-order chi connectivity index (χ0) is 18.5. The average Bonchev–Trinajstić information content (AvgIpc) is 3.40. The third-order valence-corrected chi connectivity index (χ3v) is 5.86. The fourth-order valence-corrected chi connectivity index (χ4v) is 4.41. The molecule has 1 N–H and O–H groups in total. The summed E-state index contributed by atoms with van der Waals surface area (Å²) in [5.41, 5.74) is 2.17. The van der Waals surface area contributed by atoms with Crippen molar-refractivity contribution in [2.75, 3.05) is 12.4 Å². The number of nitrogens with one attached hydrogen (secondary N) is 1. The van der Waals surface area contributed by atoms with Crippen molar-refractivity contribution >= 4 is 49.1 Å². The number of hydrogen-bond acceptors (Lipinski definition) is 6. The number of benzene rings is 1. The lowest BCUT2D eigenvalue weighted by Gasteiger charge is -2.08. The Morgan fingerprint density at radius 3 is 2.78 bits per heavy atom. The summed E-state index contributed by atoms with van der Waals surface area (Å²) in [7, 11) is 1.61. The highest BCUT2D eigenvalue weighted by Gasteiger charge is 2.24. The summed E-state index contributed by atoms with van der Waals surface area (Å²) in [5, 5.41) is 4.75. The second-order valence-electron chi connectivity index (χ2n) is 6.49. The lowest BCUT2D eigenvalue weighted by Crippen LogP contribution is -2.17. The molecule has 8 heteroatoms. The molecule has 4 aromatic rings. The maximum Gasteiger partial charge on any atom is 0.275 e. The number of thiophene rings is 1. The predicted octanol–water partition coefficient (Wildman–Crippen LogP) is 4.23. The van der Waals surface area contributed by atoms with Crippen molar-refractivity contribution in [2.24, 2.45) is 0 Å². The van der Waals surface area contributed by atoms with Gasteiger partial charge in [0, 0.05) is 11.7 Å². The van der Waals surface area contributed by atoms with E-state index in [-0.39, 0.29) is 5.56 Å². The number of methoxy groups -OCH3 is 1. The van der Waals surface area contributed by atoms with Crippen molar-refractivity contribution in [3.05, 3.63) is 52.2 Å². The van der Waals surface area contributed by atoms with Gasteiger partial charge in [-0.1, -0.05) is 11.6 Å². The van der Waals surface area contributed by atoms with Gasteiger partial charge in [-0.05, 0) is 43.2 Å². The minimum absolute atomic E-state index is 0.123. The topological polar surface area (TPSA) is 69.0 Å². The van der Waals surface area contributed by atoms with Gasteiger partial charge in [-0.15, -0.1) is 11.3 Å². The van der Waals surface area contributed by atoms with Crippen LogP contribution in [0.2, 0.25) is 5.15 Å². The van der Waals surface area contributed by atoms with Gasteiger partial charge in [-0.3, -0.25) is 9.36 Å². The minimum atomic E-state index is -0.123. The van der Waals surface area contributed by atoms with E-state index < -0.39 is 0 Å². The van der Waals surface area contributed by atoms with Crippen molar-refractivity contribution in [3.63, 3.8) is 0 Å². The number of pyridine rings is 1. The Morgan fingerprint density at radius 2 is 2.07 bits per heavy atom. The Labute approximate surface area is 163 Å². The van der Waals surface area contributed by atoms with Crippen LogP contribution >= 0.6 is 22.9 Å². The summed E-state index contributed by atoms with van der Waals surface area (Å²) < 4.78 is 7.28. The summed E-state index contributed by atoms with van der Waals surface area (Å²) in [4.78, 5) is 22.8. The number of hydrogen-bond donors (Lipinski definition) is 1. The molecule has 1 fully saturated rings. The van der Waals surface area contributed by atoms with Gasteiger partial charge in [0.1, 0.15) is 26.8 Å². The van der Waals surface area contributed by atoms with Crippen LogP contribution in [0.3, 0.4) is 0 Å². The van der Waals surface area contributed by atoms with Gasteiger partial charge >= 0.3 is 0 Å². The first-order valence-electron chi connectivity index (χ1n) is 8.55. The number of ether oxygens (including phenoxy) is 1. The van der Waals surface area contributed by atoms with Gasteiger partial charge in [-0.25, -0.2) is 9.97 Å². The fourth-order valence-electron chi connectivity index (χ4n) is 3.09. The summed E-state index contributed by atoms with van der Waals surface area (Å²) in [6.45, 7) is 0. The number of anilines is 1. The van der Waals surface area contributed by atoms with Gasteiger partial charge < -0.3 is 10.1 Å². The van der Waals surface area contributed by atoms with E-state index >= 15 is 0 Å². The average molecular weight is 399 g/mol. The molecule has 0 bridgehead atoms. The molecular formula is C19H15ClN4O2S. The van der Waals surface area contributed by atoms with Crippen LogP contribution < -0.4 is 15.6 Å². The SMILES string of the molecule is COc1ccc(-n2cnc3c(sc4nc(Cl)cc(NC5CC5)c43)c2=O)cc1. The van der Waals surface area contributed by atoms with Gasteiger partial charge in [-0.2, -0.15) is 0 Å². The van der Waals surface area contributed by atoms with Crippen LogP contribution in [-0.4, -0.2) is 27.7 Å². The van der Waals surface area contributed by atoms with Crippen molar-refractivity contribution in [3.8, 4) is 11.4 Å². The minimum Gasteiger partial charge on any atom is -0.497 e. The number of aromatic nitrogens is 3. The van der Waals surface area contributed by atoms with E-state index in [1.54, 1.807) is 13.4 Å². The third-order valence-electron chi connectivity index (χ3n) is 4.61. The Hall–Kier alpha value is -2.64. The second kappa shape index (κ2) is 6.21. The van der Waals surface area contributed by atoms with E-state index in [9.17, 15) is 4.79 Å².